The molecule has 27 heavy (non-hydrogen) atoms. The molecule has 2 aliphatic heterocycles. The smallest absolute Gasteiger partial charge is 0.233 e. The van der Waals surface area contributed by atoms with Gasteiger partial charge in [-0.15, -0.1) is 11.8 Å². The molecule has 3 aliphatic rings. The van der Waals surface area contributed by atoms with Crippen LogP contribution in [-0.4, -0.2) is 34.9 Å². The van der Waals surface area contributed by atoms with E-state index in [0.29, 0.717) is 0 Å². The van der Waals surface area contributed by atoms with E-state index in [9.17, 15) is 18.8 Å². The molecule has 144 valence electrons. The Kier molecular flexibility index (Phi) is 5.21. The fourth-order valence-corrected chi connectivity index (χ4v) is 5.55. The monoisotopic (exact) mass is 390 g/mol. The first-order valence-electron chi connectivity index (χ1n) is 9.61. The van der Waals surface area contributed by atoms with Crippen molar-refractivity contribution in [2.24, 2.45) is 11.8 Å². The van der Waals surface area contributed by atoms with Gasteiger partial charge in [-0.1, -0.05) is 12.8 Å². The van der Waals surface area contributed by atoms with E-state index in [-0.39, 0.29) is 54.4 Å². The van der Waals surface area contributed by atoms with E-state index in [1.54, 1.807) is 17.8 Å². The number of hydrogen-bond acceptors (Lipinski definition) is 4. The topological polar surface area (TPSA) is 66.5 Å². The summed E-state index contributed by atoms with van der Waals surface area (Å²) in [7, 11) is 0. The lowest BCUT2D eigenvalue weighted by atomic mass is 9.81. The lowest BCUT2D eigenvalue weighted by Crippen LogP contribution is -2.37. The van der Waals surface area contributed by atoms with Crippen molar-refractivity contribution in [2.75, 3.05) is 12.3 Å². The number of nitrogens with one attached hydrogen (secondary N) is 1. The molecule has 2 fully saturated rings. The molecule has 1 aromatic carbocycles. The number of rotatable bonds is 4. The molecule has 3 amide bonds. The van der Waals surface area contributed by atoms with E-state index in [0.717, 1.165) is 48.3 Å². The summed E-state index contributed by atoms with van der Waals surface area (Å²) < 4.78 is 13.6. The number of fused-ring (bicyclic) bond motifs is 2. The van der Waals surface area contributed by atoms with Crippen molar-refractivity contribution in [3.63, 3.8) is 0 Å². The Bertz CT molecular complexity index is 760. The van der Waals surface area contributed by atoms with Crippen LogP contribution in [0.2, 0.25) is 0 Å². The molecule has 1 N–H and O–H groups in total. The summed E-state index contributed by atoms with van der Waals surface area (Å²) in [5.41, 5.74) is 0.805. The fraction of sp³-hybridized carbons (Fsp3) is 0.550. The van der Waals surface area contributed by atoms with Crippen LogP contribution in [0.15, 0.2) is 23.1 Å². The first-order chi connectivity index (χ1) is 13.0. The minimum absolute atomic E-state index is 0.0885. The molecule has 4 rings (SSSR count). The zero-order valence-corrected chi connectivity index (χ0v) is 15.9. The quantitative estimate of drug-likeness (QED) is 0.803. The highest BCUT2D eigenvalue weighted by molar-refractivity contribution is 7.99. The molecular formula is C20H23FN2O3S. The van der Waals surface area contributed by atoms with Crippen molar-refractivity contribution in [3.05, 3.63) is 29.6 Å². The molecule has 0 bridgehead atoms. The van der Waals surface area contributed by atoms with Crippen molar-refractivity contribution < 1.29 is 18.8 Å². The Morgan fingerprint density at radius 1 is 1.15 bits per heavy atom. The molecule has 0 unspecified atom stereocenters. The van der Waals surface area contributed by atoms with Crippen LogP contribution >= 0.6 is 11.8 Å². The van der Waals surface area contributed by atoms with E-state index < -0.39 is 0 Å². The van der Waals surface area contributed by atoms with Crippen LogP contribution in [-0.2, 0) is 14.4 Å². The van der Waals surface area contributed by atoms with Gasteiger partial charge >= 0.3 is 0 Å². The summed E-state index contributed by atoms with van der Waals surface area (Å²) in [6.45, 7) is 0.133. The molecule has 5 nitrogen and oxygen atoms in total. The third-order valence-corrected chi connectivity index (χ3v) is 6.96. The van der Waals surface area contributed by atoms with Crippen molar-refractivity contribution in [3.8, 4) is 0 Å². The van der Waals surface area contributed by atoms with Gasteiger partial charge in [0, 0.05) is 23.6 Å². The third kappa shape index (κ3) is 3.61. The number of likely N-dealkylation sites (tertiary alicyclic amines) is 1. The number of thioether (sulfide) groups is 1. The molecule has 0 aromatic heterocycles. The van der Waals surface area contributed by atoms with Crippen LogP contribution in [0.3, 0.4) is 0 Å². The highest BCUT2D eigenvalue weighted by Gasteiger charge is 2.47. The Labute approximate surface area is 162 Å². The van der Waals surface area contributed by atoms with Crippen molar-refractivity contribution >= 4 is 29.5 Å². The zero-order valence-electron chi connectivity index (χ0n) is 15.1. The second kappa shape index (κ2) is 7.62. The molecule has 1 aliphatic carbocycles. The first kappa shape index (κ1) is 18.5. The first-order valence-corrected chi connectivity index (χ1v) is 10.6. The lowest BCUT2D eigenvalue weighted by Gasteiger charge is -2.26. The SMILES string of the molecule is O=C(CCN1C(=O)[C@H]2CCCC[C@H]2C1=O)N[C@@H]1CCSc2ccc(F)cc21. The Balaban J connectivity index is 1.36. The molecule has 3 atom stereocenters. The minimum atomic E-state index is -0.314. The molecule has 1 saturated carbocycles. The molecule has 2 heterocycles. The maximum absolute atomic E-state index is 13.6. The molecular weight excluding hydrogens is 367 g/mol. The van der Waals surface area contributed by atoms with Crippen LogP contribution in [0.5, 0.6) is 0 Å². The van der Waals surface area contributed by atoms with Crippen LogP contribution in [0.1, 0.15) is 50.1 Å². The minimum Gasteiger partial charge on any atom is -0.349 e. The normalized spacial score (nSPS) is 27.3. The average molecular weight is 390 g/mol. The summed E-state index contributed by atoms with van der Waals surface area (Å²) in [5.74, 6) is -0.253. The van der Waals surface area contributed by atoms with Gasteiger partial charge in [-0.2, -0.15) is 0 Å². The van der Waals surface area contributed by atoms with E-state index in [2.05, 4.69) is 5.32 Å². The number of halogens is 1. The fourth-order valence-electron chi connectivity index (χ4n) is 4.45. The predicted octanol–water partition coefficient (Wildman–Crippen LogP) is 3.04. The van der Waals surface area contributed by atoms with Gasteiger partial charge in [0.15, 0.2) is 0 Å². The van der Waals surface area contributed by atoms with Crippen LogP contribution in [0.25, 0.3) is 0 Å². The Hall–Kier alpha value is -1.89. The van der Waals surface area contributed by atoms with Gasteiger partial charge in [-0.05, 0) is 43.0 Å². The summed E-state index contributed by atoms with van der Waals surface area (Å²) in [5, 5.41) is 2.95. The summed E-state index contributed by atoms with van der Waals surface area (Å²) in [6, 6.07) is 4.43. The van der Waals surface area contributed by atoms with Gasteiger partial charge in [0.2, 0.25) is 17.7 Å². The summed E-state index contributed by atoms with van der Waals surface area (Å²) >= 11 is 1.66. The van der Waals surface area contributed by atoms with Crippen molar-refractivity contribution in [1.82, 2.24) is 10.2 Å². The van der Waals surface area contributed by atoms with Crippen LogP contribution in [0, 0.1) is 17.7 Å². The van der Waals surface area contributed by atoms with Crippen LogP contribution in [0.4, 0.5) is 4.39 Å². The molecule has 1 aromatic rings. The zero-order chi connectivity index (χ0) is 19.0. The van der Waals surface area contributed by atoms with Crippen LogP contribution < -0.4 is 5.32 Å². The maximum atomic E-state index is 13.6. The highest BCUT2D eigenvalue weighted by atomic mass is 32.2. The highest BCUT2D eigenvalue weighted by Crippen LogP contribution is 2.38. The number of carbonyl (C=O) groups is 3. The summed E-state index contributed by atoms with van der Waals surface area (Å²) in [4.78, 5) is 39.7. The number of nitrogens with zero attached hydrogens (tertiary/aromatic N) is 1. The van der Waals surface area contributed by atoms with Gasteiger partial charge in [-0.25, -0.2) is 4.39 Å². The Morgan fingerprint density at radius 2 is 1.85 bits per heavy atom. The number of amides is 3. The Morgan fingerprint density at radius 3 is 2.56 bits per heavy atom. The van der Waals surface area contributed by atoms with Gasteiger partial charge < -0.3 is 5.32 Å². The second-order valence-corrected chi connectivity index (χ2v) is 8.65. The van der Waals surface area contributed by atoms with Crippen molar-refractivity contribution in [2.45, 2.75) is 49.5 Å². The van der Waals surface area contributed by atoms with E-state index in [4.69, 9.17) is 0 Å². The second-order valence-electron chi connectivity index (χ2n) is 7.51. The lowest BCUT2D eigenvalue weighted by molar-refractivity contribution is -0.140. The number of imide groups is 1. The van der Waals surface area contributed by atoms with E-state index in [1.807, 2.05) is 0 Å². The van der Waals surface area contributed by atoms with Gasteiger partial charge in [0.1, 0.15) is 5.82 Å². The summed E-state index contributed by atoms with van der Waals surface area (Å²) in [6.07, 6.45) is 4.36. The third-order valence-electron chi connectivity index (χ3n) is 5.84. The molecule has 0 spiro atoms. The van der Waals surface area contributed by atoms with E-state index >= 15 is 0 Å². The molecule has 1 saturated heterocycles. The molecule has 7 heteroatoms. The van der Waals surface area contributed by atoms with E-state index in [1.165, 1.54) is 17.0 Å². The molecule has 0 radical (unpaired) electrons. The van der Waals surface area contributed by atoms with Crippen molar-refractivity contribution in [1.29, 1.82) is 0 Å². The predicted molar refractivity (Wildman–Crippen MR) is 99.4 cm³/mol. The van der Waals surface area contributed by atoms with Gasteiger partial charge in [0.05, 0.1) is 17.9 Å². The number of hydrogen-bond donors (Lipinski definition) is 1. The average Bonchev–Trinajstić information content (AvgIpc) is 2.91. The standard InChI is InChI=1S/C20H23FN2O3S/c21-12-5-6-17-15(11-12)16(8-10-27-17)22-18(24)7-9-23-19(25)13-3-1-2-4-14(13)20(23)26/h5-6,11,13-14,16H,1-4,7-10H2,(H,22,24)/t13-,14+,16-/m1/s1. The number of carbonyl (C=O) groups excluding carboxylic acids is 3. The largest absolute Gasteiger partial charge is 0.349 e. The maximum Gasteiger partial charge on any atom is 0.233 e. The number of benzene rings is 1. The van der Waals surface area contributed by atoms with Gasteiger partial charge in [0.25, 0.3) is 0 Å². The van der Waals surface area contributed by atoms with Gasteiger partial charge in [-0.3, -0.25) is 19.3 Å².